The molecular weight excluding hydrogens is 246 g/mol. The average Bonchev–Trinajstić information content (AvgIpc) is 2.41. The van der Waals surface area contributed by atoms with Gasteiger partial charge in [0.1, 0.15) is 5.75 Å². The summed E-state index contributed by atoms with van der Waals surface area (Å²) in [6.07, 6.45) is 8.82. The molecule has 0 aromatic heterocycles. The summed E-state index contributed by atoms with van der Waals surface area (Å²) >= 11 is 0. The maximum absolute atomic E-state index is 5.91. The molecule has 4 aliphatic carbocycles. The van der Waals surface area contributed by atoms with Crippen LogP contribution in [0.1, 0.15) is 38.5 Å². The van der Waals surface area contributed by atoms with Crippen molar-refractivity contribution in [3.05, 3.63) is 24.3 Å². The minimum Gasteiger partial charge on any atom is -0.494 e. The SMILES string of the molecule is Nc1cccc(OCCC2C3CC4CC(C3)CC2C4)c1. The number of benzene rings is 1. The summed E-state index contributed by atoms with van der Waals surface area (Å²) in [5.41, 5.74) is 6.58. The maximum atomic E-state index is 5.91. The normalized spacial score (nSPS) is 38.1. The van der Waals surface area contributed by atoms with E-state index < -0.39 is 0 Å². The Bertz CT molecular complexity index is 456. The Morgan fingerprint density at radius 2 is 1.70 bits per heavy atom. The van der Waals surface area contributed by atoms with Gasteiger partial charge in [-0.25, -0.2) is 0 Å². The van der Waals surface area contributed by atoms with Crippen LogP contribution < -0.4 is 10.5 Å². The molecule has 20 heavy (non-hydrogen) atoms. The van der Waals surface area contributed by atoms with Crippen molar-refractivity contribution in [1.82, 2.24) is 0 Å². The van der Waals surface area contributed by atoms with Crippen LogP contribution in [0.15, 0.2) is 24.3 Å². The fourth-order valence-corrected chi connectivity index (χ4v) is 5.43. The van der Waals surface area contributed by atoms with Crippen molar-refractivity contribution in [1.29, 1.82) is 0 Å². The number of nitrogen functional groups attached to an aromatic ring is 1. The molecule has 1 aromatic carbocycles. The molecule has 0 aliphatic heterocycles. The average molecular weight is 271 g/mol. The van der Waals surface area contributed by atoms with Gasteiger partial charge in [-0.2, -0.15) is 0 Å². The first-order valence-electron chi connectivity index (χ1n) is 8.26. The van der Waals surface area contributed by atoms with Gasteiger partial charge in [0, 0.05) is 11.8 Å². The summed E-state index contributed by atoms with van der Waals surface area (Å²) in [5.74, 6) is 6.02. The van der Waals surface area contributed by atoms with Gasteiger partial charge < -0.3 is 10.5 Å². The van der Waals surface area contributed by atoms with Crippen molar-refractivity contribution in [3.63, 3.8) is 0 Å². The maximum Gasteiger partial charge on any atom is 0.121 e. The summed E-state index contributed by atoms with van der Waals surface area (Å²) in [6, 6.07) is 7.81. The van der Waals surface area contributed by atoms with Crippen LogP contribution in [0.5, 0.6) is 5.75 Å². The lowest BCUT2D eigenvalue weighted by atomic mass is 9.51. The highest BCUT2D eigenvalue weighted by Crippen LogP contribution is 2.57. The third-order valence-corrected chi connectivity index (χ3v) is 6.00. The van der Waals surface area contributed by atoms with Crippen LogP contribution in [0.25, 0.3) is 0 Å². The largest absolute Gasteiger partial charge is 0.494 e. The molecule has 0 unspecified atom stereocenters. The standard InChI is InChI=1S/C18H25NO/c19-16-2-1-3-17(11-16)20-5-4-18-14-7-12-6-13(9-14)10-15(18)8-12/h1-3,11-15,18H,4-10,19H2. The lowest BCUT2D eigenvalue weighted by Crippen LogP contribution is -2.45. The van der Waals surface area contributed by atoms with Gasteiger partial charge in [-0.15, -0.1) is 0 Å². The van der Waals surface area contributed by atoms with Crippen LogP contribution in [0.4, 0.5) is 5.69 Å². The molecule has 4 bridgehead atoms. The minimum absolute atomic E-state index is 0.789. The Hall–Kier alpha value is -1.18. The Balaban J connectivity index is 1.34. The number of anilines is 1. The zero-order valence-corrected chi connectivity index (χ0v) is 12.1. The number of hydrogen-bond acceptors (Lipinski definition) is 2. The topological polar surface area (TPSA) is 35.2 Å². The highest BCUT2D eigenvalue weighted by Gasteiger charge is 2.47. The van der Waals surface area contributed by atoms with Crippen LogP contribution in [0.2, 0.25) is 0 Å². The summed E-state index contributed by atoms with van der Waals surface area (Å²) < 4.78 is 5.91. The molecule has 4 saturated carbocycles. The van der Waals surface area contributed by atoms with Crippen molar-refractivity contribution in [3.8, 4) is 5.75 Å². The molecule has 2 N–H and O–H groups in total. The zero-order valence-electron chi connectivity index (χ0n) is 12.1. The first kappa shape index (κ1) is 12.6. The number of ether oxygens (including phenoxy) is 1. The van der Waals surface area contributed by atoms with Gasteiger partial charge in [-0.05, 0) is 80.2 Å². The van der Waals surface area contributed by atoms with Gasteiger partial charge in [0.15, 0.2) is 0 Å². The number of rotatable bonds is 4. The highest BCUT2D eigenvalue weighted by atomic mass is 16.5. The molecule has 0 atom stereocenters. The third-order valence-electron chi connectivity index (χ3n) is 6.00. The van der Waals surface area contributed by atoms with Crippen LogP contribution in [0, 0.1) is 29.6 Å². The summed E-state index contributed by atoms with van der Waals surface area (Å²) in [5, 5.41) is 0. The second-order valence-electron chi connectivity index (χ2n) is 7.30. The predicted molar refractivity (Wildman–Crippen MR) is 81.5 cm³/mol. The lowest BCUT2D eigenvalue weighted by molar-refractivity contribution is -0.0435. The molecule has 0 spiro atoms. The van der Waals surface area contributed by atoms with Crippen molar-refractivity contribution >= 4 is 5.69 Å². The van der Waals surface area contributed by atoms with Gasteiger partial charge >= 0.3 is 0 Å². The van der Waals surface area contributed by atoms with Crippen molar-refractivity contribution in [2.75, 3.05) is 12.3 Å². The molecule has 0 heterocycles. The molecule has 0 amide bonds. The first-order chi connectivity index (χ1) is 9.78. The Labute approximate surface area is 121 Å². The second-order valence-corrected chi connectivity index (χ2v) is 7.30. The molecule has 4 aliphatic rings. The Morgan fingerprint density at radius 1 is 1.00 bits per heavy atom. The van der Waals surface area contributed by atoms with Gasteiger partial charge in [-0.3, -0.25) is 0 Å². The van der Waals surface area contributed by atoms with Gasteiger partial charge in [0.25, 0.3) is 0 Å². The van der Waals surface area contributed by atoms with Gasteiger partial charge in [0.05, 0.1) is 6.61 Å². The van der Waals surface area contributed by atoms with Crippen molar-refractivity contribution in [2.45, 2.75) is 38.5 Å². The molecule has 5 rings (SSSR count). The van der Waals surface area contributed by atoms with E-state index in [1.165, 1.54) is 32.1 Å². The summed E-state index contributed by atoms with van der Waals surface area (Å²) in [4.78, 5) is 0. The Morgan fingerprint density at radius 3 is 2.35 bits per heavy atom. The van der Waals surface area contributed by atoms with Crippen LogP contribution in [-0.4, -0.2) is 6.61 Å². The zero-order chi connectivity index (χ0) is 13.5. The number of nitrogens with two attached hydrogens (primary N) is 1. The molecule has 1 aromatic rings. The van der Waals surface area contributed by atoms with Crippen LogP contribution in [-0.2, 0) is 0 Å². The van der Waals surface area contributed by atoms with E-state index >= 15 is 0 Å². The molecule has 2 heteroatoms. The fourth-order valence-electron chi connectivity index (χ4n) is 5.43. The predicted octanol–water partition coefficient (Wildman–Crippen LogP) is 4.11. The lowest BCUT2D eigenvalue weighted by Gasteiger charge is -2.54. The van der Waals surface area contributed by atoms with E-state index in [1.54, 1.807) is 6.42 Å². The number of hydrogen-bond donors (Lipinski definition) is 1. The van der Waals surface area contributed by atoms with E-state index in [0.29, 0.717) is 0 Å². The molecule has 0 radical (unpaired) electrons. The third kappa shape index (κ3) is 2.30. The summed E-state index contributed by atoms with van der Waals surface area (Å²) in [7, 11) is 0. The first-order valence-corrected chi connectivity index (χ1v) is 8.26. The van der Waals surface area contributed by atoms with E-state index in [-0.39, 0.29) is 0 Å². The van der Waals surface area contributed by atoms with E-state index in [0.717, 1.165) is 47.6 Å². The highest BCUT2D eigenvalue weighted by molar-refractivity contribution is 5.43. The van der Waals surface area contributed by atoms with E-state index in [1.807, 2.05) is 24.3 Å². The summed E-state index contributed by atoms with van der Waals surface area (Å²) in [6.45, 7) is 0.858. The minimum atomic E-state index is 0.789. The molecule has 108 valence electrons. The molecular formula is C18H25NO. The van der Waals surface area contributed by atoms with Gasteiger partial charge in [0.2, 0.25) is 0 Å². The quantitative estimate of drug-likeness (QED) is 0.836. The molecule has 4 fully saturated rings. The Kier molecular flexibility index (Phi) is 3.13. The van der Waals surface area contributed by atoms with Crippen molar-refractivity contribution < 1.29 is 4.74 Å². The second kappa shape index (κ2) is 4.98. The molecule has 0 saturated heterocycles. The van der Waals surface area contributed by atoms with E-state index in [9.17, 15) is 0 Å². The van der Waals surface area contributed by atoms with Crippen molar-refractivity contribution in [2.24, 2.45) is 29.6 Å². The monoisotopic (exact) mass is 271 g/mol. The smallest absolute Gasteiger partial charge is 0.121 e. The van der Waals surface area contributed by atoms with E-state index in [2.05, 4.69) is 0 Å². The van der Waals surface area contributed by atoms with Gasteiger partial charge in [-0.1, -0.05) is 6.07 Å². The van der Waals surface area contributed by atoms with Crippen LogP contribution >= 0.6 is 0 Å². The van der Waals surface area contributed by atoms with Crippen LogP contribution in [0.3, 0.4) is 0 Å². The molecule has 2 nitrogen and oxygen atoms in total. The van der Waals surface area contributed by atoms with E-state index in [4.69, 9.17) is 10.5 Å². The fraction of sp³-hybridized carbons (Fsp3) is 0.667.